The maximum atomic E-state index is 13.9. The van der Waals surface area contributed by atoms with Gasteiger partial charge in [-0.3, -0.25) is 9.59 Å². The number of halogens is 2. The van der Waals surface area contributed by atoms with Crippen molar-refractivity contribution in [1.82, 2.24) is 9.97 Å². The van der Waals surface area contributed by atoms with Crippen molar-refractivity contribution >= 4 is 45.0 Å². The highest BCUT2D eigenvalue weighted by atomic mass is 35.5. The summed E-state index contributed by atoms with van der Waals surface area (Å²) < 4.78 is 0. The van der Waals surface area contributed by atoms with E-state index in [1.54, 1.807) is 36.4 Å². The average molecular weight is 523 g/mol. The molecule has 2 aromatic heterocycles. The normalized spacial score (nSPS) is 11.3. The SMILES string of the molecule is O=c1c(Cc2c(-c3ccccc3)[nH]c3ccc(Cl)cc3c2=O)c(-c2ccccc2)[nH]c2ccc(Cl)cc12. The van der Waals surface area contributed by atoms with Crippen molar-refractivity contribution in [3.63, 3.8) is 0 Å². The van der Waals surface area contributed by atoms with Crippen LogP contribution in [0.3, 0.4) is 0 Å². The number of H-pyrrole nitrogens is 2. The third-order valence-corrected chi connectivity index (χ3v) is 7.07. The zero-order valence-corrected chi connectivity index (χ0v) is 21.0. The lowest BCUT2D eigenvalue weighted by Gasteiger charge is -2.15. The molecule has 0 amide bonds. The number of rotatable bonds is 4. The van der Waals surface area contributed by atoms with Gasteiger partial charge in [-0.05, 0) is 47.5 Å². The van der Waals surface area contributed by atoms with Crippen LogP contribution in [-0.4, -0.2) is 9.97 Å². The molecule has 4 nitrogen and oxygen atoms in total. The Morgan fingerprint density at radius 2 is 0.946 bits per heavy atom. The van der Waals surface area contributed by atoms with Gasteiger partial charge in [-0.25, -0.2) is 0 Å². The summed E-state index contributed by atoms with van der Waals surface area (Å²) >= 11 is 12.5. The van der Waals surface area contributed by atoms with Gasteiger partial charge in [0.05, 0.1) is 11.4 Å². The second kappa shape index (κ2) is 9.40. The molecule has 2 N–H and O–H groups in total. The first kappa shape index (κ1) is 23.3. The average Bonchev–Trinajstić information content (AvgIpc) is 2.93. The van der Waals surface area contributed by atoms with Crippen LogP contribution < -0.4 is 10.9 Å². The highest BCUT2D eigenvalue weighted by Crippen LogP contribution is 2.29. The van der Waals surface area contributed by atoms with E-state index in [1.165, 1.54) is 0 Å². The summed E-state index contributed by atoms with van der Waals surface area (Å²) in [6.45, 7) is 0. The Kier molecular flexibility index (Phi) is 5.91. The van der Waals surface area contributed by atoms with Gasteiger partial charge in [0.2, 0.25) is 0 Å². The van der Waals surface area contributed by atoms with Crippen LogP contribution in [0.1, 0.15) is 11.1 Å². The fourth-order valence-corrected chi connectivity index (χ4v) is 5.16. The maximum Gasteiger partial charge on any atom is 0.193 e. The van der Waals surface area contributed by atoms with Crippen LogP contribution in [0.4, 0.5) is 0 Å². The highest BCUT2D eigenvalue weighted by Gasteiger charge is 2.20. The molecular formula is C31H20Cl2N2O2. The van der Waals surface area contributed by atoms with Crippen LogP contribution in [0.5, 0.6) is 0 Å². The van der Waals surface area contributed by atoms with Gasteiger partial charge in [0.15, 0.2) is 10.9 Å². The molecule has 0 aliphatic heterocycles. The first-order chi connectivity index (χ1) is 18.0. The van der Waals surface area contributed by atoms with E-state index in [4.69, 9.17) is 23.2 Å². The van der Waals surface area contributed by atoms with Crippen molar-refractivity contribution in [2.45, 2.75) is 6.42 Å². The molecule has 180 valence electrons. The van der Waals surface area contributed by atoms with E-state index in [0.717, 1.165) is 11.1 Å². The summed E-state index contributed by atoms with van der Waals surface area (Å²) in [5, 5.41) is 1.89. The molecule has 0 radical (unpaired) electrons. The molecule has 0 saturated carbocycles. The van der Waals surface area contributed by atoms with Crippen LogP contribution in [-0.2, 0) is 6.42 Å². The lowest BCUT2D eigenvalue weighted by molar-refractivity contribution is 1.12. The summed E-state index contributed by atoms with van der Waals surface area (Å²) in [4.78, 5) is 34.8. The predicted molar refractivity (Wildman–Crippen MR) is 153 cm³/mol. The molecule has 0 aliphatic rings. The van der Waals surface area contributed by atoms with E-state index in [0.29, 0.717) is 54.4 Å². The van der Waals surface area contributed by atoms with E-state index in [2.05, 4.69) is 9.97 Å². The van der Waals surface area contributed by atoms with E-state index >= 15 is 0 Å². The summed E-state index contributed by atoms with van der Waals surface area (Å²) in [7, 11) is 0. The topological polar surface area (TPSA) is 65.7 Å². The fraction of sp³-hybridized carbons (Fsp3) is 0.0323. The minimum atomic E-state index is -0.167. The molecule has 6 aromatic rings. The fourth-order valence-electron chi connectivity index (χ4n) is 4.82. The number of aromatic amines is 2. The molecular weight excluding hydrogens is 503 g/mol. The van der Waals surface area contributed by atoms with Gasteiger partial charge < -0.3 is 9.97 Å². The predicted octanol–water partition coefficient (Wildman–Crippen LogP) is 7.60. The second-order valence-electron chi connectivity index (χ2n) is 8.90. The van der Waals surface area contributed by atoms with Crippen molar-refractivity contribution < 1.29 is 0 Å². The Bertz CT molecular complexity index is 1770. The van der Waals surface area contributed by atoms with Gasteiger partial charge in [0.25, 0.3) is 0 Å². The zero-order valence-electron chi connectivity index (χ0n) is 19.5. The summed E-state index contributed by atoms with van der Waals surface area (Å²) in [5.41, 5.74) is 5.06. The molecule has 37 heavy (non-hydrogen) atoms. The second-order valence-corrected chi connectivity index (χ2v) is 9.78. The molecule has 0 atom stereocenters. The zero-order chi connectivity index (χ0) is 25.5. The third-order valence-electron chi connectivity index (χ3n) is 6.60. The molecule has 4 aromatic carbocycles. The monoisotopic (exact) mass is 522 g/mol. The number of nitrogens with one attached hydrogen (secondary N) is 2. The van der Waals surface area contributed by atoms with Gasteiger partial charge in [0, 0.05) is 49.4 Å². The molecule has 6 heteroatoms. The molecule has 0 aliphatic carbocycles. The van der Waals surface area contributed by atoms with Crippen molar-refractivity contribution in [2.75, 3.05) is 0 Å². The molecule has 0 spiro atoms. The van der Waals surface area contributed by atoms with Crippen LogP contribution in [0, 0.1) is 0 Å². The van der Waals surface area contributed by atoms with Crippen molar-refractivity contribution in [3.8, 4) is 22.5 Å². The minimum absolute atomic E-state index is 0.115. The smallest absolute Gasteiger partial charge is 0.193 e. The van der Waals surface area contributed by atoms with Crippen LogP contribution in [0.15, 0.2) is 107 Å². The van der Waals surface area contributed by atoms with Crippen LogP contribution in [0.25, 0.3) is 44.3 Å². The Labute approximate surface area is 222 Å². The lowest BCUT2D eigenvalue weighted by atomic mass is 9.93. The van der Waals surface area contributed by atoms with Crippen molar-refractivity contribution in [3.05, 3.63) is 139 Å². The van der Waals surface area contributed by atoms with Crippen molar-refractivity contribution in [1.29, 1.82) is 0 Å². The summed E-state index contributed by atoms with van der Waals surface area (Å²) in [5.74, 6) is 0. The minimum Gasteiger partial charge on any atom is -0.354 e. The van der Waals surface area contributed by atoms with Gasteiger partial charge in [-0.1, -0.05) is 83.9 Å². The Hall–Kier alpha value is -4.12. The van der Waals surface area contributed by atoms with E-state index < -0.39 is 0 Å². The van der Waals surface area contributed by atoms with Gasteiger partial charge in [0.1, 0.15) is 0 Å². The quantitative estimate of drug-likeness (QED) is 0.250. The standard InChI is InChI=1S/C31H20Cl2N2O2/c32-20-11-13-26-22(15-20)30(36)24(28(34-26)18-7-3-1-4-8-18)17-25-29(19-9-5-2-6-10-19)35-27-14-12-21(33)16-23(27)31(25)37/h1-16H,17H2,(H,34,36)(H,35,37). The maximum absolute atomic E-state index is 13.9. The van der Waals surface area contributed by atoms with Crippen LogP contribution in [0.2, 0.25) is 10.0 Å². The van der Waals surface area contributed by atoms with Gasteiger partial charge in [-0.2, -0.15) is 0 Å². The number of aromatic nitrogens is 2. The largest absolute Gasteiger partial charge is 0.354 e. The van der Waals surface area contributed by atoms with E-state index in [9.17, 15) is 9.59 Å². The molecule has 0 unspecified atom stereocenters. The third kappa shape index (κ3) is 4.25. The molecule has 0 fully saturated rings. The lowest BCUT2D eigenvalue weighted by Crippen LogP contribution is -2.19. The molecule has 6 rings (SSSR count). The molecule has 0 bridgehead atoms. The summed E-state index contributed by atoms with van der Waals surface area (Å²) in [6, 6.07) is 29.7. The highest BCUT2D eigenvalue weighted by molar-refractivity contribution is 6.31. The first-order valence-corrected chi connectivity index (χ1v) is 12.5. The number of hydrogen-bond acceptors (Lipinski definition) is 2. The molecule has 2 heterocycles. The van der Waals surface area contributed by atoms with Crippen LogP contribution >= 0.6 is 23.2 Å². The Morgan fingerprint density at radius 3 is 1.35 bits per heavy atom. The Morgan fingerprint density at radius 1 is 0.541 bits per heavy atom. The molecule has 0 saturated heterocycles. The number of fused-ring (bicyclic) bond motifs is 2. The van der Waals surface area contributed by atoms with E-state index in [-0.39, 0.29) is 17.3 Å². The van der Waals surface area contributed by atoms with Gasteiger partial charge >= 0.3 is 0 Å². The van der Waals surface area contributed by atoms with E-state index in [1.807, 2.05) is 60.7 Å². The Balaban J connectivity index is 1.68. The number of benzene rings is 4. The summed E-state index contributed by atoms with van der Waals surface area (Å²) in [6.07, 6.45) is 0.115. The van der Waals surface area contributed by atoms with Crippen molar-refractivity contribution in [2.24, 2.45) is 0 Å². The number of hydrogen-bond donors (Lipinski definition) is 2. The van der Waals surface area contributed by atoms with Gasteiger partial charge in [-0.15, -0.1) is 0 Å². The number of pyridine rings is 2. The first-order valence-electron chi connectivity index (χ1n) is 11.8.